The average molecular weight is 474 g/mol. The van der Waals surface area contributed by atoms with E-state index in [0.717, 1.165) is 39.4 Å². The lowest BCUT2D eigenvalue weighted by molar-refractivity contribution is 0.0704. The van der Waals surface area contributed by atoms with Crippen molar-refractivity contribution < 1.29 is 4.79 Å². The van der Waals surface area contributed by atoms with Gasteiger partial charge in [0.05, 0.1) is 11.2 Å². The second-order valence-corrected chi connectivity index (χ2v) is 10.6. The predicted octanol–water partition coefficient (Wildman–Crippen LogP) is 5.32. The Kier molecular flexibility index (Phi) is 6.00. The van der Waals surface area contributed by atoms with Gasteiger partial charge in [0.1, 0.15) is 0 Å². The minimum absolute atomic E-state index is 0.0118. The molecule has 1 saturated heterocycles. The van der Waals surface area contributed by atoms with Gasteiger partial charge in [0.2, 0.25) is 5.13 Å². The van der Waals surface area contributed by atoms with E-state index in [0.29, 0.717) is 24.7 Å². The molecule has 0 radical (unpaired) electrons. The van der Waals surface area contributed by atoms with Gasteiger partial charge in [0.15, 0.2) is 5.69 Å². The van der Waals surface area contributed by atoms with Crippen molar-refractivity contribution >= 4 is 28.1 Å². The molecule has 0 bridgehead atoms. The molecular formula is C27H31N5OS. The molecule has 1 unspecified atom stereocenters. The molecule has 176 valence electrons. The number of hydrogen-bond donors (Lipinski definition) is 1. The average Bonchev–Trinajstić information content (AvgIpc) is 3.40. The summed E-state index contributed by atoms with van der Waals surface area (Å²) in [6.07, 6.45) is 0. The Morgan fingerprint density at radius 1 is 1.15 bits per heavy atom. The molecular weight excluding hydrogens is 442 g/mol. The van der Waals surface area contributed by atoms with Gasteiger partial charge in [-0.15, -0.1) is 0 Å². The fourth-order valence-corrected chi connectivity index (χ4v) is 5.66. The molecule has 1 amide bonds. The molecule has 7 heteroatoms. The van der Waals surface area contributed by atoms with Crippen molar-refractivity contribution in [3.63, 3.8) is 0 Å². The zero-order chi connectivity index (χ0) is 24.0. The number of amides is 1. The molecule has 0 spiro atoms. The van der Waals surface area contributed by atoms with Crippen LogP contribution >= 0.6 is 11.3 Å². The summed E-state index contributed by atoms with van der Waals surface area (Å²) in [5, 5.41) is 9.96. The Morgan fingerprint density at radius 3 is 2.68 bits per heavy atom. The SMILES string of the molecule is Cc1cccc(-c2nc(-n3nc(C(=O)N4CCNC(C)C4)c4cc(C)ccc43)sc2C(C)C)c1. The lowest BCUT2D eigenvalue weighted by Crippen LogP contribution is -2.51. The number of aromatic nitrogens is 3. The summed E-state index contributed by atoms with van der Waals surface area (Å²) in [6, 6.07) is 14.9. The monoisotopic (exact) mass is 473 g/mol. The van der Waals surface area contributed by atoms with Crippen LogP contribution < -0.4 is 5.32 Å². The Labute approximate surface area is 204 Å². The zero-order valence-electron chi connectivity index (χ0n) is 20.4. The number of nitrogens with zero attached hydrogens (tertiary/aromatic N) is 4. The number of hydrogen-bond acceptors (Lipinski definition) is 5. The van der Waals surface area contributed by atoms with Gasteiger partial charge in [-0.1, -0.05) is 60.6 Å². The largest absolute Gasteiger partial charge is 0.334 e. The van der Waals surface area contributed by atoms with Crippen molar-refractivity contribution in [3.05, 3.63) is 64.2 Å². The number of thiazole rings is 1. The molecule has 1 aliphatic rings. The van der Waals surface area contributed by atoms with E-state index in [1.807, 2.05) is 16.5 Å². The van der Waals surface area contributed by atoms with Crippen LogP contribution in [0.1, 0.15) is 53.2 Å². The second kappa shape index (κ2) is 8.96. The number of aryl methyl sites for hydroxylation is 2. The maximum atomic E-state index is 13.6. The molecule has 1 fully saturated rings. The maximum absolute atomic E-state index is 13.6. The Balaban J connectivity index is 1.65. The highest BCUT2D eigenvalue weighted by Gasteiger charge is 2.27. The highest BCUT2D eigenvalue weighted by molar-refractivity contribution is 7.14. The first-order chi connectivity index (χ1) is 16.3. The maximum Gasteiger partial charge on any atom is 0.275 e. The van der Waals surface area contributed by atoms with Gasteiger partial charge in [-0.25, -0.2) is 9.67 Å². The first kappa shape index (κ1) is 22.7. The van der Waals surface area contributed by atoms with Crippen LogP contribution in [0, 0.1) is 13.8 Å². The van der Waals surface area contributed by atoms with Gasteiger partial charge >= 0.3 is 0 Å². The summed E-state index contributed by atoms with van der Waals surface area (Å²) in [5.74, 6) is 0.316. The molecule has 0 saturated carbocycles. The number of carbonyl (C=O) groups excluding carboxylic acids is 1. The van der Waals surface area contributed by atoms with Crippen molar-refractivity contribution in [1.29, 1.82) is 0 Å². The third-order valence-corrected chi connectivity index (χ3v) is 7.66. The minimum atomic E-state index is -0.0118. The van der Waals surface area contributed by atoms with E-state index in [2.05, 4.69) is 75.5 Å². The van der Waals surface area contributed by atoms with Crippen molar-refractivity contribution in [3.8, 4) is 16.4 Å². The van der Waals surface area contributed by atoms with Gasteiger partial charge in [-0.2, -0.15) is 5.10 Å². The van der Waals surface area contributed by atoms with Gasteiger partial charge in [-0.3, -0.25) is 4.79 Å². The quantitative estimate of drug-likeness (QED) is 0.436. The number of piperazine rings is 1. The fraction of sp³-hybridized carbons (Fsp3) is 0.370. The molecule has 2 aromatic heterocycles. The van der Waals surface area contributed by atoms with E-state index < -0.39 is 0 Å². The lowest BCUT2D eigenvalue weighted by atomic mass is 10.0. The molecule has 3 heterocycles. The molecule has 0 aliphatic carbocycles. The highest BCUT2D eigenvalue weighted by Crippen LogP contribution is 2.37. The molecule has 1 N–H and O–H groups in total. The van der Waals surface area contributed by atoms with Gasteiger partial charge in [0.25, 0.3) is 5.91 Å². The predicted molar refractivity (Wildman–Crippen MR) is 139 cm³/mol. The van der Waals surface area contributed by atoms with E-state index >= 15 is 0 Å². The van der Waals surface area contributed by atoms with E-state index in [9.17, 15) is 4.79 Å². The number of fused-ring (bicyclic) bond motifs is 1. The Hall–Kier alpha value is -3.03. The van der Waals surface area contributed by atoms with Crippen LogP contribution in [-0.4, -0.2) is 51.2 Å². The topological polar surface area (TPSA) is 63.1 Å². The van der Waals surface area contributed by atoms with Crippen LogP contribution in [0.15, 0.2) is 42.5 Å². The Bertz CT molecular complexity index is 1370. The molecule has 34 heavy (non-hydrogen) atoms. The molecule has 5 rings (SSSR count). The third-order valence-electron chi connectivity index (χ3n) is 6.33. The van der Waals surface area contributed by atoms with E-state index in [1.165, 1.54) is 10.4 Å². The number of rotatable bonds is 4. The second-order valence-electron chi connectivity index (χ2n) is 9.62. The van der Waals surface area contributed by atoms with Crippen molar-refractivity contribution in [1.82, 2.24) is 25.0 Å². The summed E-state index contributed by atoms with van der Waals surface area (Å²) in [5.41, 5.74) is 5.85. The summed E-state index contributed by atoms with van der Waals surface area (Å²) >= 11 is 1.66. The van der Waals surface area contributed by atoms with E-state index in [4.69, 9.17) is 10.1 Å². The van der Waals surface area contributed by atoms with Crippen LogP contribution in [0.4, 0.5) is 0 Å². The molecule has 2 aromatic carbocycles. The molecule has 1 aliphatic heterocycles. The highest BCUT2D eigenvalue weighted by atomic mass is 32.1. The Morgan fingerprint density at radius 2 is 1.94 bits per heavy atom. The first-order valence-corrected chi connectivity index (χ1v) is 12.7. The van der Waals surface area contributed by atoms with Crippen LogP contribution in [0.3, 0.4) is 0 Å². The zero-order valence-corrected chi connectivity index (χ0v) is 21.2. The molecule has 1 atom stereocenters. The van der Waals surface area contributed by atoms with E-state index in [1.54, 1.807) is 11.3 Å². The summed E-state index contributed by atoms with van der Waals surface area (Å²) in [6.45, 7) is 12.8. The van der Waals surface area contributed by atoms with E-state index in [-0.39, 0.29) is 11.9 Å². The standard InChI is InChI=1S/C27H31N5OS/c1-16(2)25-23(20-8-6-7-17(3)13-20)29-27(34-25)32-22-10-9-18(4)14-21(22)24(30-32)26(33)31-12-11-28-19(5)15-31/h6-10,13-14,16,19,28H,11-12,15H2,1-5H3. The number of carbonyl (C=O) groups is 1. The van der Waals surface area contributed by atoms with Crippen molar-refractivity contribution in [2.45, 2.75) is 46.6 Å². The summed E-state index contributed by atoms with van der Waals surface area (Å²) in [4.78, 5) is 21.8. The van der Waals surface area contributed by atoms with Gasteiger partial charge in [-0.05, 0) is 44.9 Å². The molecule has 6 nitrogen and oxygen atoms in total. The lowest BCUT2D eigenvalue weighted by Gasteiger charge is -2.31. The minimum Gasteiger partial charge on any atom is -0.334 e. The van der Waals surface area contributed by atoms with Crippen LogP contribution in [0.2, 0.25) is 0 Å². The normalized spacial score (nSPS) is 16.5. The van der Waals surface area contributed by atoms with Crippen LogP contribution in [0.5, 0.6) is 0 Å². The number of nitrogens with one attached hydrogen (secondary N) is 1. The number of benzene rings is 2. The fourth-order valence-electron chi connectivity index (χ4n) is 4.60. The smallest absolute Gasteiger partial charge is 0.275 e. The summed E-state index contributed by atoms with van der Waals surface area (Å²) < 4.78 is 1.86. The summed E-state index contributed by atoms with van der Waals surface area (Å²) in [7, 11) is 0. The van der Waals surface area contributed by atoms with Crippen LogP contribution in [-0.2, 0) is 0 Å². The first-order valence-electron chi connectivity index (χ1n) is 11.9. The van der Waals surface area contributed by atoms with Gasteiger partial charge < -0.3 is 10.2 Å². The van der Waals surface area contributed by atoms with Crippen LogP contribution in [0.25, 0.3) is 27.3 Å². The van der Waals surface area contributed by atoms with Crippen molar-refractivity contribution in [2.75, 3.05) is 19.6 Å². The molecule has 4 aromatic rings. The van der Waals surface area contributed by atoms with Gasteiger partial charge in [0, 0.05) is 41.5 Å². The third kappa shape index (κ3) is 4.14. The van der Waals surface area contributed by atoms with Crippen molar-refractivity contribution in [2.24, 2.45) is 0 Å².